The second kappa shape index (κ2) is 6.73. The van der Waals surface area contributed by atoms with Gasteiger partial charge in [-0.1, -0.05) is 55.7 Å². The SMILES string of the molecule is O=C(Nc1nc(-c2ccc3ccccc3c2)cs1)C1CCCCC1. The number of nitrogens with zero attached hydrogens (tertiary/aromatic N) is 1. The Labute approximate surface area is 145 Å². The van der Waals surface area contributed by atoms with Crippen molar-refractivity contribution in [2.75, 3.05) is 5.32 Å². The Balaban J connectivity index is 1.52. The van der Waals surface area contributed by atoms with Crippen LogP contribution in [0.1, 0.15) is 32.1 Å². The molecule has 0 atom stereocenters. The van der Waals surface area contributed by atoms with Crippen LogP contribution in [0.25, 0.3) is 22.0 Å². The minimum atomic E-state index is 0.133. The number of amides is 1. The molecule has 4 heteroatoms. The van der Waals surface area contributed by atoms with Gasteiger partial charge in [0.1, 0.15) is 0 Å². The molecule has 0 aliphatic heterocycles. The molecular weight excluding hydrogens is 316 g/mol. The first kappa shape index (κ1) is 15.3. The van der Waals surface area contributed by atoms with E-state index in [4.69, 9.17) is 0 Å². The first-order valence-electron chi connectivity index (χ1n) is 8.55. The molecule has 24 heavy (non-hydrogen) atoms. The molecule has 2 aromatic carbocycles. The van der Waals surface area contributed by atoms with Gasteiger partial charge in [0, 0.05) is 16.9 Å². The van der Waals surface area contributed by atoms with Gasteiger partial charge in [-0.2, -0.15) is 0 Å². The Morgan fingerprint density at radius 3 is 2.67 bits per heavy atom. The molecule has 1 aliphatic rings. The molecule has 0 unspecified atom stereocenters. The van der Waals surface area contributed by atoms with Crippen LogP contribution < -0.4 is 5.32 Å². The molecule has 1 N–H and O–H groups in total. The lowest BCUT2D eigenvalue weighted by Crippen LogP contribution is -2.24. The number of anilines is 1. The summed E-state index contributed by atoms with van der Waals surface area (Å²) in [5, 5.41) is 8.15. The van der Waals surface area contributed by atoms with E-state index in [0.29, 0.717) is 5.13 Å². The van der Waals surface area contributed by atoms with Crippen molar-refractivity contribution in [2.45, 2.75) is 32.1 Å². The van der Waals surface area contributed by atoms with Gasteiger partial charge in [-0.15, -0.1) is 11.3 Å². The van der Waals surface area contributed by atoms with Crippen molar-refractivity contribution < 1.29 is 4.79 Å². The van der Waals surface area contributed by atoms with Crippen molar-refractivity contribution in [3.63, 3.8) is 0 Å². The number of nitrogens with one attached hydrogen (secondary N) is 1. The average molecular weight is 336 g/mol. The lowest BCUT2D eigenvalue weighted by atomic mass is 9.89. The first-order valence-corrected chi connectivity index (χ1v) is 9.43. The van der Waals surface area contributed by atoms with Crippen LogP contribution in [-0.4, -0.2) is 10.9 Å². The van der Waals surface area contributed by atoms with E-state index < -0.39 is 0 Å². The second-order valence-corrected chi connectivity index (χ2v) is 7.28. The summed E-state index contributed by atoms with van der Waals surface area (Å²) in [4.78, 5) is 17.0. The van der Waals surface area contributed by atoms with Gasteiger partial charge in [0.05, 0.1) is 5.69 Å². The Bertz CT molecular complexity index is 865. The predicted octanol–water partition coefficient (Wildman–Crippen LogP) is 5.48. The highest BCUT2D eigenvalue weighted by atomic mass is 32.1. The summed E-state index contributed by atoms with van der Waals surface area (Å²) in [6, 6.07) is 14.7. The summed E-state index contributed by atoms with van der Waals surface area (Å²) in [5.41, 5.74) is 2.01. The Hall–Kier alpha value is -2.20. The van der Waals surface area contributed by atoms with Gasteiger partial charge in [0.15, 0.2) is 5.13 Å². The molecule has 122 valence electrons. The first-order chi connectivity index (χ1) is 11.8. The molecule has 0 bridgehead atoms. The number of fused-ring (bicyclic) bond motifs is 1. The van der Waals surface area contributed by atoms with Gasteiger partial charge < -0.3 is 5.32 Å². The average Bonchev–Trinajstić information content (AvgIpc) is 3.10. The zero-order valence-corrected chi connectivity index (χ0v) is 14.3. The Morgan fingerprint density at radius 1 is 1.04 bits per heavy atom. The summed E-state index contributed by atoms with van der Waals surface area (Å²) in [6.45, 7) is 0. The number of aromatic nitrogens is 1. The van der Waals surface area contributed by atoms with Crippen molar-refractivity contribution in [3.8, 4) is 11.3 Å². The monoisotopic (exact) mass is 336 g/mol. The minimum absolute atomic E-state index is 0.133. The highest BCUT2D eigenvalue weighted by Crippen LogP contribution is 2.29. The molecule has 0 radical (unpaired) electrons. The molecule has 0 spiro atoms. The van der Waals surface area contributed by atoms with Gasteiger partial charge in [0.25, 0.3) is 0 Å². The fourth-order valence-corrected chi connectivity index (χ4v) is 4.11. The van der Waals surface area contributed by atoms with Gasteiger partial charge >= 0.3 is 0 Å². The van der Waals surface area contributed by atoms with Crippen LogP contribution in [0.15, 0.2) is 47.8 Å². The van der Waals surface area contributed by atoms with E-state index in [0.717, 1.165) is 36.9 Å². The van der Waals surface area contributed by atoms with Gasteiger partial charge in [-0.25, -0.2) is 4.98 Å². The standard InChI is InChI=1S/C20H20N2OS/c23-19(15-7-2-1-3-8-15)22-20-21-18(13-24-20)17-11-10-14-6-4-5-9-16(14)12-17/h4-6,9-13,15H,1-3,7-8H2,(H,21,22,23). The van der Waals surface area contributed by atoms with Crippen molar-refractivity contribution in [2.24, 2.45) is 5.92 Å². The van der Waals surface area contributed by atoms with E-state index in [1.54, 1.807) is 0 Å². The van der Waals surface area contributed by atoms with Crippen molar-refractivity contribution in [1.82, 2.24) is 4.98 Å². The fraction of sp³-hybridized carbons (Fsp3) is 0.300. The maximum Gasteiger partial charge on any atom is 0.229 e. The van der Waals surface area contributed by atoms with Gasteiger partial charge in [0.2, 0.25) is 5.91 Å². The number of hydrogen-bond donors (Lipinski definition) is 1. The number of carbonyl (C=O) groups is 1. The predicted molar refractivity (Wildman–Crippen MR) is 100 cm³/mol. The number of hydrogen-bond acceptors (Lipinski definition) is 3. The van der Waals surface area contributed by atoms with Crippen LogP contribution in [-0.2, 0) is 4.79 Å². The summed E-state index contributed by atoms with van der Waals surface area (Å²) in [6.07, 6.45) is 5.60. The van der Waals surface area contributed by atoms with E-state index >= 15 is 0 Å². The van der Waals surface area contributed by atoms with E-state index in [9.17, 15) is 4.79 Å². The molecule has 1 aromatic heterocycles. The summed E-state index contributed by atoms with van der Waals surface area (Å²) < 4.78 is 0. The molecule has 1 fully saturated rings. The molecule has 1 aliphatic carbocycles. The van der Waals surface area contributed by atoms with Crippen LogP contribution in [0, 0.1) is 5.92 Å². The third kappa shape index (κ3) is 3.20. The minimum Gasteiger partial charge on any atom is -0.302 e. The zero-order valence-electron chi connectivity index (χ0n) is 13.5. The number of benzene rings is 2. The van der Waals surface area contributed by atoms with E-state index in [2.05, 4.69) is 40.6 Å². The Kier molecular flexibility index (Phi) is 4.30. The van der Waals surface area contributed by atoms with Crippen molar-refractivity contribution in [3.05, 3.63) is 47.8 Å². The lowest BCUT2D eigenvalue weighted by molar-refractivity contribution is -0.120. The lowest BCUT2D eigenvalue weighted by Gasteiger charge is -2.19. The summed E-state index contributed by atoms with van der Waals surface area (Å²) >= 11 is 1.50. The molecular formula is C20H20N2OS. The molecule has 3 aromatic rings. The molecule has 4 rings (SSSR count). The quantitative estimate of drug-likeness (QED) is 0.688. The molecule has 3 nitrogen and oxygen atoms in total. The van der Waals surface area contributed by atoms with Crippen LogP contribution in [0.2, 0.25) is 0 Å². The van der Waals surface area contributed by atoms with Crippen molar-refractivity contribution in [1.29, 1.82) is 0 Å². The maximum absolute atomic E-state index is 12.3. The maximum atomic E-state index is 12.3. The highest BCUT2D eigenvalue weighted by molar-refractivity contribution is 7.14. The third-order valence-electron chi connectivity index (χ3n) is 4.76. The van der Waals surface area contributed by atoms with Crippen LogP contribution >= 0.6 is 11.3 Å². The number of carbonyl (C=O) groups excluding carboxylic acids is 1. The highest BCUT2D eigenvalue weighted by Gasteiger charge is 2.21. The largest absolute Gasteiger partial charge is 0.302 e. The van der Waals surface area contributed by atoms with Crippen LogP contribution in [0.3, 0.4) is 0 Å². The van der Waals surface area contributed by atoms with E-state index in [-0.39, 0.29) is 11.8 Å². The normalized spacial score (nSPS) is 15.5. The molecule has 1 amide bonds. The molecule has 1 saturated carbocycles. The topological polar surface area (TPSA) is 42.0 Å². The molecule has 1 heterocycles. The van der Waals surface area contributed by atoms with Crippen LogP contribution in [0.4, 0.5) is 5.13 Å². The third-order valence-corrected chi connectivity index (χ3v) is 5.51. The Morgan fingerprint density at radius 2 is 1.83 bits per heavy atom. The number of thiazole rings is 1. The fourth-order valence-electron chi connectivity index (χ4n) is 3.38. The summed E-state index contributed by atoms with van der Waals surface area (Å²) in [5.74, 6) is 0.292. The number of rotatable bonds is 3. The zero-order chi connectivity index (χ0) is 16.4. The summed E-state index contributed by atoms with van der Waals surface area (Å²) in [7, 11) is 0. The smallest absolute Gasteiger partial charge is 0.229 e. The van der Waals surface area contributed by atoms with Crippen molar-refractivity contribution >= 4 is 33.1 Å². The molecule has 0 saturated heterocycles. The second-order valence-electron chi connectivity index (χ2n) is 6.42. The van der Waals surface area contributed by atoms with Gasteiger partial charge in [-0.05, 0) is 29.7 Å². The van der Waals surface area contributed by atoms with Crippen LogP contribution in [0.5, 0.6) is 0 Å². The van der Waals surface area contributed by atoms with E-state index in [1.165, 1.54) is 28.5 Å². The van der Waals surface area contributed by atoms with Gasteiger partial charge in [-0.3, -0.25) is 4.79 Å². The van der Waals surface area contributed by atoms with E-state index in [1.807, 2.05) is 17.5 Å².